The van der Waals surface area contributed by atoms with E-state index < -0.39 is 89.3 Å². The first-order chi connectivity index (χ1) is 27.6. The minimum atomic E-state index is -1.57. The van der Waals surface area contributed by atoms with Gasteiger partial charge in [-0.05, 0) is 72.6 Å². The molecule has 0 aromatic carbocycles. The Balaban J connectivity index is 1.29. The van der Waals surface area contributed by atoms with Crippen LogP contribution in [0.1, 0.15) is 128 Å². The van der Waals surface area contributed by atoms with E-state index in [1.165, 1.54) is 0 Å². The monoisotopic (exact) mass is 843 g/mol. The molecule has 6 saturated heterocycles. The fourth-order valence-electron chi connectivity index (χ4n) is 12.5. The standard InChI is InChI=1S/C45H78O14/c1-15-32(46)42(10)21-24(3)45(49,59-42)33-20-23(2)38(55-33)43(11)22-31(54-34-17-16-30(50-12)29(8)53-34)39(57-43)41(9)18-19-44(58-41)28(7)37(52-14)26(5)36(56-44)25(4)35(51-13)27(6)40(47)48/h23-39,46,49H,15-22H2,1-14H3,(H,47,48)/t23-,24-,25-,26-,27-,28+,29+,30-,31+,32+,33+,34-,35+,36+,37+,38+,39+,41-,42-,43-,44+,45-/m0/s1. The van der Waals surface area contributed by atoms with E-state index in [0.717, 1.165) is 6.42 Å². The molecule has 6 aliphatic heterocycles. The zero-order chi connectivity index (χ0) is 43.6. The van der Waals surface area contributed by atoms with Crippen LogP contribution in [0, 0.1) is 35.5 Å². The number of rotatable bonds is 14. The molecule has 6 rings (SSSR count). The van der Waals surface area contributed by atoms with Crippen LogP contribution in [-0.2, 0) is 52.2 Å². The quantitative estimate of drug-likeness (QED) is 0.190. The third kappa shape index (κ3) is 8.43. The average Bonchev–Trinajstić information content (AvgIpc) is 3.92. The molecule has 0 saturated carbocycles. The molecule has 0 aromatic rings. The van der Waals surface area contributed by atoms with Gasteiger partial charge in [0.05, 0.1) is 71.6 Å². The molecule has 0 radical (unpaired) electrons. The molecule has 0 bridgehead atoms. The van der Waals surface area contributed by atoms with Crippen molar-refractivity contribution in [3.05, 3.63) is 0 Å². The lowest BCUT2D eigenvalue weighted by Gasteiger charge is -2.53. The summed E-state index contributed by atoms with van der Waals surface area (Å²) < 4.78 is 66.2. The van der Waals surface area contributed by atoms with Crippen LogP contribution < -0.4 is 0 Å². The minimum absolute atomic E-state index is 0.000873. The van der Waals surface area contributed by atoms with Gasteiger partial charge in [0.2, 0.25) is 0 Å². The van der Waals surface area contributed by atoms with Crippen LogP contribution in [0.15, 0.2) is 0 Å². The number of aliphatic hydroxyl groups excluding tert-OH is 1. The number of hydrogen-bond acceptors (Lipinski definition) is 13. The summed E-state index contributed by atoms with van der Waals surface area (Å²) >= 11 is 0. The second kappa shape index (κ2) is 17.5. The van der Waals surface area contributed by atoms with Crippen molar-refractivity contribution in [3.8, 4) is 0 Å². The molecule has 0 unspecified atom stereocenters. The minimum Gasteiger partial charge on any atom is -0.481 e. The van der Waals surface area contributed by atoms with E-state index in [1.54, 1.807) is 28.3 Å². The Hall–Kier alpha value is -1.01. The molecular formula is C45H78O14. The molecule has 22 atom stereocenters. The first-order valence-corrected chi connectivity index (χ1v) is 22.5. The van der Waals surface area contributed by atoms with Crippen molar-refractivity contribution >= 4 is 5.97 Å². The van der Waals surface area contributed by atoms with E-state index in [1.807, 2.05) is 34.6 Å². The van der Waals surface area contributed by atoms with Gasteiger partial charge in [0, 0.05) is 64.3 Å². The molecule has 6 aliphatic rings. The summed E-state index contributed by atoms with van der Waals surface area (Å²) in [6.45, 7) is 21.9. The van der Waals surface area contributed by atoms with Crippen LogP contribution in [0.3, 0.4) is 0 Å². The summed E-state index contributed by atoms with van der Waals surface area (Å²) in [5.41, 5.74) is -2.61. The van der Waals surface area contributed by atoms with E-state index in [9.17, 15) is 20.1 Å². The highest BCUT2D eigenvalue weighted by Crippen LogP contribution is 2.57. The van der Waals surface area contributed by atoms with Crippen LogP contribution >= 0.6 is 0 Å². The Labute approximate surface area is 352 Å². The number of aliphatic carboxylic acids is 1. The van der Waals surface area contributed by atoms with Gasteiger partial charge in [0.15, 0.2) is 17.9 Å². The van der Waals surface area contributed by atoms with Crippen molar-refractivity contribution in [3.63, 3.8) is 0 Å². The molecule has 6 fully saturated rings. The first-order valence-electron chi connectivity index (χ1n) is 22.5. The maximum Gasteiger partial charge on any atom is 0.308 e. The summed E-state index contributed by atoms with van der Waals surface area (Å²) in [5.74, 6) is -5.11. The molecule has 1 spiro atoms. The number of carboxylic acids is 1. The normalized spacial score (nSPS) is 51.2. The van der Waals surface area contributed by atoms with E-state index in [4.69, 9.17) is 47.4 Å². The van der Waals surface area contributed by atoms with Crippen molar-refractivity contribution in [2.24, 2.45) is 35.5 Å². The van der Waals surface area contributed by atoms with Gasteiger partial charge in [0.25, 0.3) is 0 Å². The van der Waals surface area contributed by atoms with Crippen molar-refractivity contribution in [2.45, 2.75) is 223 Å². The van der Waals surface area contributed by atoms with Crippen molar-refractivity contribution < 1.29 is 67.5 Å². The van der Waals surface area contributed by atoms with Gasteiger partial charge < -0.3 is 62.7 Å². The average molecular weight is 843 g/mol. The summed E-state index contributed by atoms with van der Waals surface area (Å²) in [6.07, 6.45) is 0.0453. The van der Waals surface area contributed by atoms with Gasteiger partial charge in [-0.25, -0.2) is 0 Å². The Kier molecular flexibility index (Phi) is 14.1. The zero-order valence-electron chi connectivity index (χ0n) is 38.3. The second-order valence-corrected chi connectivity index (χ2v) is 20.1. The first kappa shape index (κ1) is 47.5. The smallest absolute Gasteiger partial charge is 0.308 e. The molecule has 342 valence electrons. The fourth-order valence-corrected chi connectivity index (χ4v) is 12.5. The number of carboxylic acid groups (broad SMARTS) is 1. The highest BCUT2D eigenvalue weighted by Gasteiger charge is 2.67. The predicted octanol–water partition coefficient (Wildman–Crippen LogP) is 5.85. The highest BCUT2D eigenvalue weighted by molar-refractivity contribution is 5.70. The summed E-state index contributed by atoms with van der Waals surface area (Å²) in [7, 11) is 4.97. The van der Waals surface area contributed by atoms with Crippen LogP contribution in [0.4, 0.5) is 0 Å². The van der Waals surface area contributed by atoms with Gasteiger partial charge in [0.1, 0.15) is 12.2 Å². The van der Waals surface area contributed by atoms with Gasteiger partial charge in [-0.15, -0.1) is 0 Å². The van der Waals surface area contributed by atoms with E-state index in [2.05, 4.69) is 34.6 Å². The lowest BCUT2D eigenvalue weighted by Crippen LogP contribution is -2.62. The van der Waals surface area contributed by atoms with Gasteiger partial charge in [-0.1, -0.05) is 41.5 Å². The Morgan fingerprint density at radius 1 is 0.864 bits per heavy atom. The summed E-state index contributed by atoms with van der Waals surface area (Å²) in [4.78, 5) is 12.1. The fraction of sp³-hybridized carbons (Fsp3) is 0.978. The van der Waals surface area contributed by atoms with Crippen LogP contribution in [0.5, 0.6) is 0 Å². The number of ether oxygens (including phenoxy) is 10. The maximum absolute atomic E-state index is 12.2. The zero-order valence-corrected chi connectivity index (χ0v) is 38.3. The third-order valence-corrected chi connectivity index (χ3v) is 15.9. The predicted molar refractivity (Wildman–Crippen MR) is 216 cm³/mol. The number of carbonyl (C=O) groups is 1. The van der Waals surface area contributed by atoms with Crippen molar-refractivity contribution in [1.29, 1.82) is 0 Å². The third-order valence-electron chi connectivity index (χ3n) is 15.9. The second-order valence-electron chi connectivity index (χ2n) is 20.1. The van der Waals surface area contributed by atoms with E-state index in [0.29, 0.717) is 44.9 Å². The molecule has 14 nitrogen and oxygen atoms in total. The van der Waals surface area contributed by atoms with Gasteiger partial charge >= 0.3 is 5.97 Å². The molecular weight excluding hydrogens is 764 g/mol. The Morgan fingerprint density at radius 2 is 1.56 bits per heavy atom. The number of aliphatic hydroxyl groups is 2. The summed E-state index contributed by atoms with van der Waals surface area (Å²) in [6, 6.07) is 0. The van der Waals surface area contributed by atoms with Crippen molar-refractivity contribution in [2.75, 3.05) is 21.3 Å². The molecule has 14 heteroatoms. The summed E-state index contributed by atoms with van der Waals surface area (Å²) in [5, 5.41) is 33.0. The van der Waals surface area contributed by atoms with Crippen LogP contribution in [0.2, 0.25) is 0 Å². The van der Waals surface area contributed by atoms with Gasteiger partial charge in [-0.3, -0.25) is 4.79 Å². The molecule has 0 aliphatic carbocycles. The van der Waals surface area contributed by atoms with Crippen LogP contribution in [-0.4, -0.2) is 138 Å². The SMILES string of the molecule is CC[C@@H](O)[C@]1(C)C[C@H](C)[C@@](O)([C@H]2C[C@H](C)[C@H]([C@]3(C)C[C@@H](O[C@H]4CC[C@H](OC)[C@@H](C)O4)[C@H]([C@]4(C)CC[C@@]5(O[C@H]([C@@H](C)[C@@H](OC)[C@H](C)C(=O)O)[C@H](C)[C@@H](OC)[C@H]5C)O4)O3)O2)O1. The number of methoxy groups -OCH3 is 3. The molecule has 59 heavy (non-hydrogen) atoms. The Morgan fingerprint density at radius 3 is 2.15 bits per heavy atom. The molecule has 0 amide bonds. The maximum atomic E-state index is 12.2. The Bertz CT molecular complexity index is 1450. The topological polar surface area (TPSA) is 170 Å². The molecule has 0 aromatic heterocycles. The highest BCUT2D eigenvalue weighted by atomic mass is 16.7. The van der Waals surface area contributed by atoms with E-state index in [-0.39, 0.29) is 47.9 Å². The van der Waals surface area contributed by atoms with Gasteiger partial charge in [-0.2, -0.15) is 0 Å². The lowest BCUT2D eigenvalue weighted by molar-refractivity contribution is -0.363. The molecule has 3 N–H and O–H groups in total. The molecule has 6 heterocycles. The van der Waals surface area contributed by atoms with Crippen LogP contribution in [0.25, 0.3) is 0 Å². The van der Waals surface area contributed by atoms with E-state index >= 15 is 0 Å². The lowest BCUT2D eigenvalue weighted by atomic mass is 9.74. The number of hydrogen-bond donors (Lipinski definition) is 3. The largest absolute Gasteiger partial charge is 0.481 e. The van der Waals surface area contributed by atoms with Crippen molar-refractivity contribution in [1.82, 2.24) is 0 Å².